The Bertz CT molecular complexity index is 570. The highest BCUT2D eigenvalue weighted by molar-refractivity contribution is 5.81. The van der Waals surface area contributed by atoms with E-state index in [-0.39, 0.29) is 6.61 Å². The number of carbonyl (C=O) groups excluding carboxylic acids is 1. The summed E-state index contributed by atoms with van der Waals surface area (Å²) in [6.45, 7) is 3.85. The van der Waals surface area contributed by atoms with Gasteiger partial charge < -0.3 is 13.9 Å². The van der Waals surface area contributed by atoms with Gasteiger partial charge in [0.05, 0.1) is 18.4 Å². The molecule has 0 amide bonds. The fraction of sp³-hybridized carbons (Fsp3) is 0.286. The van der Waals surface area contributed by atoms with Crippen molar-refractivity contribution in [3.8, 4) is 11.5 Å². The molecule has 5 heteroatoms. The fourth-order valence-corrected chi connectivity index (χ4v) is 1.68. The Morgan fingerprint density at radius 1 is 1.37 bits per heavy atom. The molecule has 0 unspecified atom stereocenters. The average molecular weight is 261 g/mol. The number of aldehydes is 1. The summed E-state index contributed by atoms with van der Waals surface area (Å²) in [5, 5.41) is 0. The zero-order valence-electron chi connectivity index (χ0n) is 11.1. The van der Waals surface area contributed by atoms with Gasteiger partial charge in [-0.25, -0.2) is 4.98 Å². The average Bonchev–Trinajstić information content (AvgIpc) is 2.75. The van der Waals surface area contributed by atoms with E-state index in [1.54, 1.807) is 18.2 Å². The lowest BCUT2D eigenvalue weighted by atomic mass is 10.2. The molecule has 0 aliphatic rings. The van der Waals surface area contributed by atoms with Crippen LogP contribution in [0.15, 0.2) is 22.6 Å². The number of oxazole rings is 1. The van der Waals surface area contributed by atoms with Crippen molar-refractivity contribution < 1.29 is 18.7 Å². The van der Waals surface area contributed by atoms with Crippen molar-refractivity contribution in [1.29, 1.82) is 0 Å². The summed E-state index contributed by atoms with van der Waals surface area (Å²) < 4.78 is 16.2. The van der Waals surface area contributed by atoms with Gasteiger partial charge in [0.25, 0.3) is 0 Å². The predicted octanol–water partition coefficient (Wildman–Crippen LogP) is 2.69. The van der Waals surface area contributed by atoms with Crippen LogP contribution in [0.1, 0.15) is 27.7 Å². The minimum Gasteiger partial charge on any atom is -0.493 e. The summed E-state index contributed by atoms with van der Waals surface area (Å²) in [5.74, 6) is 2.13. The van der Waals surface area contributed by atoms with Crippen LogP contribution in [-0.2, 0) is 6.61 Å². The standard InChI is InChI=1S/C14H15NO4/c1-9-10(2)19-13(15-9)8-18-14-11(7-16)5-4-6-12(14)17-3/h4-7H,8H2,1-3H3. The monoisotopic (exact) mass is 261 g/mol. The second-order valence-electron chi connectivity index (χ2n) is 4.03. The van der Waals surface area contributed by atoms with Crippen LogP contribution in [0.2, 0.25) is 0 Å². The number of benzene rings is 1. The Labute approximate surface area is 111 Å². The summed E-state index contributed by atoms with van der Waals surface area (Å²) >= 11 is 0. The van der Waals surface area contributed by atoms with E-state index in [1.807, 2.05) is 13.8 Å². The summed E-state index contributed by atoms with van der Waals surface area (Å²) in [6, 6.07) is 5.13. The summed E-state index contributed by atoms with van der Waals surface area (Å²) in [6.07, 6.45) is 0.726. The van der Waals surface area contributed by atoms with Crippen molar-refractivity contribution in [3.63, 3.8) is 0 Å². The molecule has 0 spiro atoms. The van der Waals surface area contributed by atoms with Crippen LogP contribution in [0.25, 0.3) is 0 Å². The Hall–Kier alpha value is -2.30. The van der Waals surface area contributed by atoms with Crippen LogP contribution >= 0.6 is 0 Å². The van der Waals surface area contributed by atoms with Gasteiger partial charge in [-0.05, 0) is 26.0 Å². The molecular weight excluding hydrogens is 246 g/mol. The van der Waals surface area contributed by atoms with E-state index in [1.165, 1.54) is 7.11 Å². The molecule has 0 radical (unpaired) electrons. The Morgan fingerprint density at radius 3 is 2.74 bits per heavy atom. The minimum atomic E-state index is 0.149. The molecule has 1 aromatic heterocycles. The number of carbonyl (C=O) groups is 1. The van der Waals surface area contributed by atoms with Crippen LogP contribution in [0.4, 0.5) is 0 Å². The van der Waals surface area contributed by atoms with Gasteiger partial charge in [0, 0.05) is 0 Å². The summed E-state index contributed by atoms with van der Waals surface area (Å²) in [5.41, 5.74) is 1.26. The Morgan fingerprint density at radius 2 is 2.16 bits per heavy atom. The lowest BCUT2D eigenvalue weighted by Crippen LogP contribution is -2.01. The fourth-order valence-electron chi connectivity index (χ4n) is 1.68. The lowest BCUT2D eigenvalue weighted by Gasteiger charge is -2.10. The number of para-hydroxylation sites is 1. The van der Waals surface area contributed by atoms with E-state index < -0.39 is 0 Å². The Balaban J connectivity index is 2.21. The normalized spacial score (nSPS) is 10.3. The van der Waals surface area contributed by atoms with Gasteiger partial charge in [-0.1, -0.05) is 6.07 Å². The van der Waals surface area contributed by atoms with Crippen molar-refractivity contribution in [2.24, 2.45) is 0 Å². The Kier molecular flexibility index (Phi) is 3.85. The molecule has 19 heavy (non-hydrogen) atoms. The van der Waals surface area contributed by atoms with Gasteiger partial charge in [-0.2, -0.15) is 0 Å². The molecule has 0 N–H and O–H groups in total. The molecule has 0 aliphatic heterocycles. The predicted molar refractivity (Wildman–Crippen MR) is 68.7 cm³/mol. The van der Waals surface area contributed by atoms with Crippen molar-refractivity contribution in [3.05, 3.63) is 41.1 Å². The second kappa shape index (κ2) is 5.56. The second-order valence-corrected chi connectivity index (χ2v) is 4.03. The van der Waals surface area contributed by atoms with Gasteiger partial charge in [0.1, 0.15) is 5.76 Å². The molecular formula is C14H15NO4. The number of hydrogen-bond acceptors (Lipinski definition) is 5. The number of aromatic nitrogens is 1. The van der Waals surface area contributed by atoms with Crippen LogP contribution in [0, 0.1) is 13.8 Å². The maximum absolute atomic E-state index is 11.0. The summed E-state index contributed by atoms with van der Waals surface area (Å²) in [4.78, 5) is 15.2. The highest BCUT2D eigenvalue weighted by Crippen LogP contribution is 2.30. The zero-order chi connectivity index (χ0) is 13.8. The highest BCUT2D eigenvalue weighted by Gasteiger charge is 2.12. The van der Waals surface area contributed by atoms with E-state index in [9.17, 15) is 4.79 Å². The van der Waals surface area contributed by atoms with Crippen LogP contribution in [-0.4, -0.2) is 18.4 Å². The third kappa shape index (κ3) is 2.76. The maximum Gasteiger partial charge on any atom is 0.232 e. The molecule has 1 aromatic carbocycles. The lowest BCUT2D eigenvalue weighted by molar-refractivity contribution is 0.111. The van der Waals surface area contributed by atoms with Crippen LogP contribution in [0.5, 0.6) is 11.5 Å². The molecule has 0 atom stereocenters. The molecule has 1 heterocycles. The van der Waals surface area contributed by atoms with Crippen molar-refractivity contribution in [1.82, 2.24) is 4.98 Å². The quantitative estimate of drug-likeness (QED) is 0.774. The van der Waals surface area contributed by atoms with Gasteiger partial charge in [0.15, 0.2) is 24.4 Å². The zero-order valence-corrected chi connectivity index (χ0v) is 11.1. The number of ether oxygens (including phenoxy) is 2. The number of methoxy groups -OCH3 is 1. The number of nitrogens with zero attached hydrogens (tertiary/aromatic N) is 1. The molecule has 5 nitrogen and oxygen atoms in total. The number of aryl methyl sites for hydroxylation is 2. The van der Waals surface area contributed by atoms with Gasteiger partial charge >= 0.3 is 0 Å². The molecule has 2 rings (SSSR count). The van der Waals surface area contributed by atoms with Gasteiger partial charge in [-0.3, -0.25) is 4.79 Å². The van der Waals surface area contributed by atoms with E-state index in [2.05, 4.69) is 4.98 Å². The molecule has 100 valence electrons. The first-order valence-corrected chi connectivity index (χ1v) is 5.83. The molecule has 0 aliphatic carbocycles. The topological polar surface area (TPSA) is 61.6 Å². The number of rotatable bonds is 5. The highest BCUT2D eigenvalue weighted by atomic mass is 16.5. The van der Waals surface area contributed by atoms with Gasteiger partial charge in [0.2, 0.25) is 5.89 Å². The minimum absolute atomic E-state index is 0.149. The third-order valence-corrected chi connectivity index (χ3v) is 2.77. The van der Waals surface area contributed by atoms with E-state index >= 15 is 0 Å². The van der Waals surface area contributed by atoms with Crippen molar-refractivity contribution in [2.45, 2.75) is 20.5 Å². The number of hydrogen-bond donors (Lipinski definition) is 0. The third-order valence-electron chi connectivity index (χ3n) is 2.77. The molecule has 0 saturated carbocycles. The van der Waals surface area contributed by atoms with Crippen molar-refractivity contribution >= 4 is 6.29 Å². The van der Waals surface area contributed by atoms with E-state index in [0.29, 0.717) is 23.0 Å². The maximum atomic E-state index is 11.0. The first-order chi connectivity index (χ1) is 9.15. The first-order valence-electron chi connectivity index (χ1n) is 5.83. The van der Waals surface area contributed by atoms with Crippen LogP contribution < -0.4 is 9.47 Å². The molecule has 0 saturated heterocycles. The SMILES string of the molecule is COc1cccc(C=O)c1OCc1nc(C)c(C)o1. The molecule has 2 aromatic rings. The largest absolute Gasteiger partial charge is 0.493 e. The van der Waals surface area contributed by atoms with E-state index in [0.717, 1.165) is 17.7 Å². The molecule has 0 fully saturated rings. The van der Waals surface area contributed by atoms with Gasteiger partial charge in [-0.15, -0.1) is 0 Å². The van der Waals surface area contributed by atoms with Crippen molar-refractivity contribution in [2.75, 3.05) is 7.11 Å². The van der Waals surface area contributed by atoms with E-state index in [4.69, 9.17) is 13.9 Å². The first kappa shape index (κ1) is 13.1. The molecule has 0 bridgehead atoms. The smallest absolute Gasteiger partial charge is 0.232 e. The summed E-state index contributed by atoms with van der Waals surface area (Å²) in [7, 11) is 1.52. The van der Waals surface area contributed by atoms with Crippen LogP contribution in [0.3, 0.4) is 0 Å².